The molecule has 0 aromatic carbocycles. The Labute approximate surface area is 75.9 Å². The molecular weight excluding hydrogens is 148 g/mol. The average Bonchev–Trinajstić information content (AvgIpc) is 1.96. The van der Waals surface area contributed by atoms with Crippen LogP contribution >= 0.6 is 0 Å². The van der Waals surface area contributed by atoms with Gasteiger partial charge < -0.3 is 11.1 Å². The summed E-state index contributed by atoms with van der Waals surface area (Å²) in [6.07, 6.45) is 5.42. The molecule has 0 saturated heterocycles. The van der Waals surface area contributed by atoms with E-state index in [4.69, 9.17) is 5.73 Å². The third-order valence-corrected chi connectivity index (χ3v) is 3.23. The first-order chi connectivity index (χ1) is 5.79. The minimum Gasteiger partial charge on any atom is -0.330 e. The molecule has 2 nitrogen and oxygen atoms in total. The summed E-state index contributed by atoms with van der Waals surface area (Å²) in [5.74, 6) is 1.67. The molecule has 2 atom stereocenters. The second-order valence-corrected chi connectivity index (χ2v) is 4.06. The SMILES string of the molecule is CNC(C(C)CCN)C1CCC1. The van der Waals surface area contributed by atoms with Crippen molar-refractivity contribution in [3.05, 3.63) is 0 Å². The molecule has 1 rings (SSSR count). The van der Waals surface area contributed by atoms with Gasteiger partial charge in [0, 0.05) is 6.04 Å². The standard InChI is InChI=1S/C10H22N2/c1-8(6-7-11)10(12-2)9-4-3-5-9/h8-10,12H,3-7,11H2,1-2H3. The van der Waals surface area contributed by atoms with Crippen LogP contribution in [0.2, 0.25) is 0 Å². The lowest BCUT2D eigenvalue weighted by Gasteiger charge is -2.37. The second kappa shape index (κ2) is 4.83. The van der Waals surface area contributed by atoms with Crippen molar-refractivity contribution in [1.82, 2.24) is 5.32 Å². The van der Waals surface area contributed by atoms with Crippen LogP contribution in [0.5, 0.6) is 0 Å². The van der Waals surface area contributed by atoms with Crippen molar-refractivity contribution in [2.75, 3.05) is 13.6 Å². The molecular formula is C10H22N2. The maximum absolute atomic E-state index is 5.55. The number of nitrogens with one attached hydrogen (secondary N) is 1. The van der Waals surface area contributed by atoms with Crippen LogP contribution in [0.1, 0.15) is 32.6 Å². The van der Waals surface area contributed by atoms with Crippen molar-refractivity contribution in [3.63, 3.8) is 0 Å². The summed E-state index contributed by atoms with van der Waals surface area (Å²) in [5.41, 5.74) is 5.55. The molecule has 72 valence electrons. The summed E-state index contributed by atoms with van der Waals surface area (Å²) in [6, 6.07) is 0.710. The van der Waals surface area contributed by atoms with Gasteiger partial charge in [-0.25, -0.2) is 0 Å². The lowest BCUT2D eigenvalue weighted by molar-refractivity contribution is 0.184. The Morgan fingerprint density at radius 2 is 2.17 bits per heavy atom. The Morgan fingerprint density at radius 1 is 1.50 bits per heavy atom. The van der Waals surface area contributed by atoms with Crippen LogP contribution in [-0.4, -0.2) is 19.6 Å². The van der Waals surface area contributed by atoms with Crippen molar-refractivity contribution in [2.45, 2.75) is 38.6 Å². The van der Waals surface area contributed by atoms with Gasteiger partial charge in [-0.05, 0) is 44.7 Å². The highest BCUT2D eigenvalue weighted by Gasteiger charge is 2.29. The molecule has 1 aliphatic carbocycles. The first-order valence-electron chi connectivity index (χ1n) is 5.17. The average molecular weight is 170 g/mol. The summed E-state index contributed by atoms with van der Waals surface area (Å²) in [7, 11) is 2.08. The van der Waals surface area contributed by atoms with E-state index in [1.807, 2.05) is 0 Å². The molecule has 2 heteroatoms. The molecule has 1 saturated carbocycles. The van der Waals surface area contributed by atoms with Gasteiger partial charge in [0.15, 0.2) is 0 Å². The van der Waals surface area contributed by atoms with E-state index in [9.17, 15) is 0 Å². The fourth-order valence-electron chi connectivity index (χ4n) is 2.23. The zero-order valence-electron chi connectivity index (χ0n) is 8.34. The monoisotopic (exact) mass is 170 g/mol. The van der Waals surface area contributed by atoms with Gasteiger partial charge in [0.25, 0.3) is 0 Å². The Hall–Kier alpha value is -0.0800. The Balaban J connectivity index is 2.31. The summed E-state index contributed by atoms with van der Waals surface area (Å²) in [6.45, 7) is 3.14. The van der Waals surface area contributed by atoms with Crippen LogP contribution in [0, 0.1) is 11.8 Å². The van der Waals surface area contributed by atoms with Crippen molar-refractivity contribution < 1.29 is 0 Å². The molecule has 12 heavy (non-hydrogen) atoms. The third-order valence-electron chi connectivity index (χ3n) is 3.23. The second-order valence-electron chi connectivity index (χ2n) is 4.06. The van der Waals surface area contributed by atoms with E-state index in [1.54, 1.807) is 0 Å². The van der Waals surface area contributed by atoms with Gasteiger partial charge >= 0.3 is 0 Å². The van der Waals surface area contributed by atoms with Gasteiger partial charge in [-0.1, -0.05) is 13.3 Å². The van der Waals surface area contributed by atoms with Gasteiger partial charge in [-0.2, -0.15) is 0 Å². The minimum atomic E-state index is 0.710. The molecule has 0 heterocycles. The Bertz CT molecular complexity index is 121. The molecule has 2 unspecified atom stereocenters. The highest BCUT2D eigenvalue weighted by atomic mass is 14.9. The summed E-state index contributed by atoms with van der Waals surface area (Å²) < 4.78 is 0. The van der Waals surface area contributed by atoms with Crippen molar-refractivity contribution in [1.29, 1.82) is 0 Å². The molecule has 0 amide bonds. The summed E-state index contributed by atoms with van der Waals surface area (Å²) >= 11 is 0. The third kappa shape index (κ3) is 2.20. The van der Waals surface area contributed by atoms with Crippen LogP contribution < -0.4 is 11.1 Å². The van der Waals surface area contributed by atoms with Crippen LogP contribution in [-0.2, 0) is 0 Å². The normalized spacial score (nSPS) is 23.2. The van der Waals surface area contributed by atoms with Gasteiger partial charge in [0.1, 0.15) is 0 Å². The molecule has 1 fully saturated rings. The molecule has 0 aromatic rings. The predicted octanol–water partition coefficient (Wildman–Crippen LogP) is 1.36. The first kappa shape index (κ1) is 10.0. The van der Waals surface area contributed by atoms with E-state index < -0.39 is 0 Å². The fraction of sp³-hybridized carbons (Fsp3) is 1.00. The van der Waals surface area contributed by atoms with Crippen molar-refractivity contribution in [3.8, 4) is 0 Å². The summed E-state index contributed by atoms with van der Waals surface area (Å²) in [5, 5.41) is 3.43. The number of hydrogen-bond donors (Lipinski definition) is 2. The minimum absolute atomic E-state index is 0.710. The van der Waals surface area contributed by atoms with Crippen LogP contribution in [0.25, 0.3) is 0 Å². The van der Waals surface area contributed by atoms with Crippen LogP contribution in [0.4, 0.5) is 0 Å². The summed E-state index contributed by atoms with van der Waals surface area (Å²) in [4.78, 5) is 0. The van der Waals surface area contributed by atoms with Gasteiger partial charge in [0.2, 0.25) is 0 Å². The molecule has 1 aliphatic rings. The first-order valence-corrected chi connectivity index (χ1v) is 5.17. The lowest BCUT2D eigenvalue weighted by atomic mass is 9.74. The number of rotatable bonds is 5. The smallest absolute Gasteiger partial charge is 0.0118 e. The molecule has 0 aromatic heterocycles. The van der Waals surface area contributed by atoms with Gasteiger partial charge in [0.05, 0.1) is 0 Å². The zero-order valence-corrected chi connectivity index (χ0v) is 8.34. The van der Waals surface area contributed by atoms with Crippen molar-refractivity contribution >= 4 is 0 Å². The topological polar surface area (TPSA) is 38.0 Å². The molecule has 3 N–H and O–H groups in total. The largest absolute Gasteiger partial charge is 0.330 e. The maximum atomic E-state index is 5.55. The van der Waals surface area contributed by atoms with E-state index in [2.05, 4.69) is 19.3 Å². The number of hydrogen-bond acceptors (Lipinski definition) is 2. The highest BCUT2D eigenvalue weighted by molar-refractivity contribution is 4.85. The maximum Gasteiger partial charge on any atom is 0.0118 e. The van der Waals surface area contributed by atoms with E-state index in [0.29, 0.717) is 6.04 Å². The van der Waals surface area contributed by atoms with E-state index in [1.165, 1.54) is 19.3 Å². The van der Waals surface area contributed by atoms with Crippen LogP contribution in [0.3, 0.4) is 0 Å². The van der Waals surface area contributed by atoms with E-state index >= 15 is 0 Å². The van der Waals surface area contributed by atoms with Crippen molar-refractivity contribution in [2.24, 2.45) is 17.6 Å². The van der Waals surface area contributed by atoms with Gasteiger partial charge in [-0.15, -0.1) is 0 Å². The zero-order chi connectivity index (χ0) is 8.97. The molecule has 0 bridgehead atoms. The van der Waals surface area contributed by atoms with Crippen LogP contribution in [0.15, 0.2) is 0 Å². The lowest BCUT2D eigenvalue weighted by Crippen LogP contribution is -2.42. The quantitative estimate of drug-likeness (QED) is 0.654. The Kier molecular flexibility index (Phi) is 4.02. The molecule has 0 aliphatic heterocycles. The number of nitrogens with two attached hydrogens (primary N) is 1. The highest BCUT2D eigenvalue weighted by Crippen LogP contribution is 2.33. The Morgan fingerprint density at radius 3 is 2.50 bits per heavy atom. The molecule has 0 spiro atoms. The van der Waals surface area contributed by atoms with E-state index in [-0.39, 0.29) is 0 Å². The van der Waals surface area contributed by atoms with E-state index in [0.717, 1.165) is 24.8 Å². The fourth-order valence-corrected chi connectivity index (χ4v) is 2.23. The predicted molar refractivity (Wildman–Crippen MR) is 53.0 cm³/mol. The van der Waals surface area contributed by atoms with Gasteiger partial charge in [-0.3, -0.25) is 0 Å². The molecule has 0 radical (unpaired) electrons.